The second-order valence-corrected chi connectivity index (χ2v) is 31.8. The van der Waals surface area contributed by atoms with Crippen molar-refractivity contribution in [1.29, 1.82) is 0 Å². The molecule has 0 saturated heterocycles. The maximum atomic E-state index is 11.2. The first-order valence-electron chi connectivity index (χ1n) is 7.90. The Kier molecular flexibility index (Phi) is 11.4. The molecule has 1 N–H and O–H groups in total. The first-order valence-corrected chi connectivity index (χ1v) is 22.9. The average Bonchev–Trinajstić information content (AvgIpc) is 2.60. The van der Waals surface area contributed by atoms with E-state index >= 15 is 0 Å². The summed E-state index contributed by atoms with van der Waals surface area (Å²) in [6, 6.07) is 19.1. The van der Waals surface area contributed by atoms with Gasteiger partial charge in [-0.2, -0.15) is 0 Å². The topological polar surface area (TPSA) is 112 Å². The van der Waals surface area contributed by atoms with Crippen LogP contribution in [0.3, 0.4) is 0 Å². The van der Waals surface area contributed by atoms with Crippen LogP contribution in [-0.4, -0.2) is 64.6 Å². The minimum absolute atomic E-state index is 0. The van der Waals surface area contributed by atoms with Crippen LogP contribution in [0.4, 0.5) is 0 Å². The molecule has 12 heteroatoms. The molecule has 6 nitrogen and oxygen atoms in total. The number of benzene rings is 2. The van der Waals surface area contributed by atoms with E-state index in [0.717, 1.165) is 7.16 Å². The molecule has 0 heterocycles. The molecule has 0 unspecified atom stereocenters. The Morgan fingerprint density at radius 3 is 1.54 bits per heavy atom. The van der Waals surface area contributed by atoms with E-state index in [-0.39, 0.29) is 46.8 Å². The van der Waals surface area contributed by atoms with Crippen LogP contribution in [0.5, 0.6) is 0 Å². The van der Waals surface area contributed by atoms with Crippen LogP contribution in [0.25, 0.3) is 0 Å². The van der Waals surface area contributed by atoms with Crippen LogP contribution in [0.15, 0.2) is 60.7 Å². The molecule has 2 aromatic rings. The molecular weight excluding hydrogens is 558 g/mol. The fourth-order valence-corrected chi connectivity index (χ4v) is 34.9. The summed E-state index contributed by atoms with van der Waals surface area (Å²) in [4.78, 5) is 0. The first kappa shape index (κ1) is 26.8. The smallest absolute Gasteiger partial charge is 1.00 e. The number of hydrogen-bond donors (Lipinski definition) is 1. The van der Waals surface area contributed by atoms with Crippen molar-refractivity contribution in [2.24, 2.45) is 0 Å². The van der Waals surface area contributed by atoms with Gasteiger partial charge in [0.15, 0.2) is 0 Å². The van der Waals surface area contributed by atoms with Gasteiger partial charge in [0, 0.05) is 0 Å². The van der Waals surface area contributed by atoms with E-state index in [1.807, 2.05) is 60.7 Å². The molecule has 0 radical (unpaired) electrons. The van der Waals surface area contributed by atoms with Crippen molar-refractivity contribution in [2.45, 2.75) is 0 Å². The van der Waals surface area contributed by atoms with Crippen molar-refractivity contribution in [3.05, 3.63) is 60.7 Å². The van der Waals surface area contributed by atoms with Crippen LogP contribution in [0.2, 0.25) is 0 Å². The van der Waals surface area contributed by atoms with Crippen molar-refractivity contribution in [3.8, 4) is 0 Å². The van der Waals surface area contributed by atoms with Gasteiger partial charge in [0.25, 0.3) is 0 Å². The molecule has 148 valence electrons. The minimum atomic E-state index is -4.34. The summed E-state index contributed by atoms with van der Waals surface area (Å²) < 4.78 is 66.7. The Labute approximate surface area is 197 Å². The van der Waals surface area contributed by atoms with Crippen molar-refractivity contribution in [2.75, 3.05) is 23.0 Å². The summed E-state index contributed by atoms with van der Waals surface area (Å²) in [6.07, 6.45) is 0. The third kappa shape index (κ3) is 8.86. The minimum Gasteiger partial charge on any atom is 1.00 e. The average molecular weight is 577 g/mol. The van der Waals surface area contributed by atoms with Gasteiger partial charge in [-0.1, -0.05) is 0 Å². The largest absolute Gasteiger partial charge is 1.00 e. The molecule has 0 aromatic heterocycles. The fourth-order valence-electron chi connectivity index (χ4n) is 2.43. The fraction of sp³-hybridized carbons (Fsp3) is 0.250. The van der Waals surface area contributed by atoms with Crippen molar-refractivity contribution < 1.29 is 55.5 Å². The van der Waals surface area contributed by atoms with Crippen LogP contribution in [0, 0.1) is 0 Å². The molecule has 0 fully saturated rings. The second kappa shape index (κ2) is 12.0. The summed E-state index contributed by atoms with van der Waals surface area (Å²) in [5.74, 6) is -0.522. The predicted octanol–water partition coefficient (Wildman–Crippen LogP) is -1.85. The Morgan fingerprint density at radius 1 is 0.786 bits per heavy atom. The zero-order chi connectivity index (χ0) is 20.0. The molecule has 2 rings (SSSR count). The Bertz CT molecular complexity index is 860. The molecule has 0 aliphatic rings. The molecule has 0 amide bonds. The van der Waals surface area contributed by atoms with Gasteiger partial charge < -0.3 is 0 Å². The van der Waals surface area contributed by atoms with E-state index < -0.39 is 41.6 Å². The summed E-state index contributed by atoms with van der Waals surface area (Å²) in [5.41, 5.74) is 0. The Morgan fingerprint density at radius 2 is 1.18 bits per heavy atom. The molecule has 0 aliphatic carbocycles. The molecule has 28 heavy (non-hydrogen) atoms. The van der Waals surface area contributed by atoms with E-state index in [4.69, 9.17) is 4.55 Å². The van der Waals surface area contributed by atoms with E-state index in [0.29, 0.717) is 0 Å². The molecule has 0 spiro atoms. The summed E-state index contributed by atoms with van der Waals surface area (Å²) >= 11 is -3.65. The third-order valence-corrected chi connectivity index (χ3v) is 34.9. The van der Waals surface area contributed by atoms with E-state index in [1.54, 1.807) is 0 Å². The second-order valence-electron chi connectivity index (χ2n) is 5.59. The van der Waals surface area contributed by atoms with Gasteiger partial charge in [-0.05, 0) is 0 Å². The normalized spacial score (nSPS) is 12.4. The third-order valence-electron chi connectivity index (χ3n) is 3.59. The van der Waals surface area contributed by atoms with Crippen molar-refractivity contribution in [1.82, 2.24) is 0 Å². The zero-order valence-corrected chi connectivity index (χ0v) is 23.3. The van der Waals surface area contributed by atoms with E-state index in [2.05, 4.69) is 0 Å². The van der Waals surface area contributed by atoms with Crippen LogP contribution in [-0.2, 0) is 20.2 Å². The maximum absolute atomic E-state index is 11.2. The van der Waals surface area contributed by atoms with Gasteiger partial charge in [-0.15, -0.1) is 0 Å². The SMILES string of the molecule is O=S(=O)([O-])CC[S][Sn]([S]CCS(=O)(=O)O)([c]1ccccc1)[c]1ccccc1.[Na+]. The standard InChI is InChI=1S/2C6H5.2C2H6O3S2.Na.Sn/c2*1-2-4-6-5-3-1;2*3-7(4,5)2-1-6;;/h2*1-5H;2*6H,1-2H2,(H,3,4,5);;/q;;;;+1;+2/p-3. The van der Waals surface area contributed by atoms with Crippen molar-refractivity contribution in [3.63, 3.8) is 0 Å². The Balaban J connectivity index is 0.00000392. The van der Waals surface area contributed by atoms with Gasteiger partial charge in [0.2, 0.25) is 0 Å². The summed E-state index contributed by atoms with van der Waals surface area (Å²) in [7, 11) is -5.47. The van der Waals surface area contributed by atoms with Crippen LogP contribution in [0.1, 0.15) is 0 Å². The molecule has 0 bridgehead atoms. The van der Waals surface area contributed by atoms with Gasteiger partial charge in [-0.25, -0.2) is 0 Å². The van der Waals surface area contributed by atoms with Gasteiger partial charge >= 0.3 is 200 Å². The van der Waals surface area contributed by atoms with Gasteiger partial charge in [0.1, 0.15) is 0 Å². The Hall–Kier alpha value is 0.759. The van der Waals surface area contributed by atoms with Crippen LogP contribution >= 0.6 is 17.9 Å². The molecule has 0 saturated carbocycles. The monoisotopic (exact) mass is 578 g/mol. The van der Waals surface area contributed by atoms with Gasteiger partial charge in [-0.3, -0.25) is 0 Å². The first-order chi connectivity index (χ1) is 12.6. The van der Waals surface area contributed by atoms with Crippen molar-refractivity contribution >= 4 is 60.9 Å². The van der Waals surface area contributed by atoms with Crippen LogP contribution < -0.4 is 36.7 Å². The van der Waals surface area contributed by atoms with E-state index in [9.17, 15) is 21.4 Å². The molecule has 0 atom stereocenters. The molecule has 0 aliphatic heterocycles. The molecular formula is C16H19NaO6S4Sn. The number of hydrogen-bond acceptors (Lipinski definition) is 7. The zero-order valence-electron chi connectivity index (χ0n) is 15.2. The predicted molar refractivity (Wildman–Crippen MR) is 114 cm³/mol. The maximum Gasteiger partial charge on any atom is 1.00 e. The quantitative estimate of drug-likeness (QED) is 0.259. The van der Waals surface area contributed by atoms with Gasteiger partial charge in [0.05, 0.1) is 0 Å². The summed E-state index contributed by atoms with van der Waals surface area (Å²) in [5, 5.41) is 0. The molecule has 2 aromatic carbocycles. The number of rotatable bonds is 10. The van der Waals surface area contributed by atoms with E-state index in [1.165, 1.54) is 17.9 Å². The summed E-state index contributed by atoms with van der Waals surface area (Å²) in [6.45, 7) is 0.